The van der Waals surface area contributed by atoms with Crippen LogP contribution in [-0.4, -0.2) is 25.2 Å². The fraction of sp³-hybridized carbons (Fsp3) is 0.350. The molecule has 0 fully saturated rings. The van der Waals surface area contributed by atoms with Crippen molar-refractivity contribution < 1.29 is 14.3 Å². The van der Waals surface area contributed by atoms with Gasteiger partial charge in [0.1, 0.15) is 18.1 Å². The largest absolute Gasteiger partial charge is 0.491 e. The Bertz CT molecular complexity index is 697. The van der Waals surface area contributed by atoms with Gasteiger partial charge in [-0.25, -0.2) is 0 Å². The second-order valence-corrected chi connectivity index (χ2v) is 5.93. The monoisotopic (exact) mass is 327 g/mol. The summed E-state index contributed by atoms with van der Waals surface area (Å²) in [5.74, 6) is 1.43. The highest BCUT2D eigenvalue weighted by Gasteiger charge is 2.15. The van der Waals surface area contributed by atoms with Crippen molar-refractivity contribution in [1.29, 1.82) is 0 Å². The first-order valence-corrected chi connectivity index (χ1v) is 8.17. The number of hydrogen-bond acceptors (Lipinski definition) is 3. The van der Waals surface area contributed by atoms with Crippen molar-refractivity contribution in [2.45, 2.75) is 33.8 Å². The van der Waals surface area contributed by atoms with Crippen LogP contribution in [0, 0.1) is 20.8 Å². The zero-order valence-corrected chi connectivity index (χ0v) is 14.8. The fourth-order valence-electron chi connectivity index (χ4n) is 2.37. The zero-order chi connectivity index (χ0) is 17.5. The third-order valence-corrected chi connectivity index (χ3v) is 3.76. The molecule has 0 saturated carbocycles. The summed E-state index contributed by atoms with van der Waals surface area (Å²) in [6, 6.07) is 13.7. The summed E-state index contributed by atoms with van der Waals surface area (Å²) < 4.78 is 11.4. The number of carbonyl (C=O) groups is 1. The maximum absolute atomic E-state index is 12.1. The van der Waals surface area contributed by atoms with E-state index in [1.165, 1.54) is 5.56 Å². The molecule has 2 aromatic rings. The Balaban J connectivity index is 1.76. The molecule has 0 radical (unpaired) electrons. The van der Waals surface area contributed by atoms with Gasteiger partial charge in [-0.05, 0) is 51.0 Å². The predicted octanol–water partition coefficient (Wildman–Crippen LogP) is 3.57. The molecule has 4 nitrogen and oxygen atoms in total. The van der Waals surface area contributed by atoms with Crippen molar-refractivity contribution in [3.8, 4) is 11.5 Å². The van der Waals surface area contributed by atoms with Crippen LogP contribution < -0.4 is 14.8 Å². The summed E-state index contributed by atoms with van der Waals surface area (Å²) in [5, 5.41) is 2.83. The second kappa shape index (κ2) is 8.39. The van der Waals surface area contributed by atoms with E-state index in [2.05, 4.69) is 5.32 Å². The number of nitrogens with one attached hydrogen (secondary N) is 1. The molecule has 0 saturated heterocycles. The molecular formula is C20H25NO3. The van der Waals surface area contributed by atoms with Crippen LogP contribution in [0.2, 0.25) is 0 Å². The van der Waals surface area contributed by atoms with Gasteiger partial charge in [-0.2, -0.15) is 0 Å². The lowest BCUT2D eigenvalue weighted by Crippen LogP contribution is -2.38. The maximum atomic E-state index is 12.1. The number of ether oxygens (including phenoxy) is 2. The molecule has 0 spiro atoms. The van der Waals surface area contributed by atoms with Crippen molar-refractivity contribution in [3.05, 3.63) is 59.2 Å². The molecule has 0 heterocycles. The molecule has 128 valence electrons. The Morgan fingerprint density at radius 1 is 1.04 bits per heavy atom. The lowest BCUT2D eigenvalue weighted by Gasteiger charge is -2.17. The molecule has 1 amide bonds. The van der Waals surface area contributed by atoms with E-state index in [1.54, 1.807) is 6.92 Å². The fourth-order valence-corrected chi connectivity index (χ4v) is 2.37. The standard InChI is InChI=1S/C20H25NO3/c1-14-9-10-19(16(3)13-14)24-17(4)20(22)21-11-12-23-18-8-6-5-7-15(18)2/h5-10,13,17H,11-12H2,1-4H3,(H,21,22)/t17-/m0/s1. The van der Waals surface area contributed by atoms with E-state index in [1.807, 2.05) is 63.2 Å². The topological polar surface area (TPSA) is 47.6 Å². The third-order valence-electron chi connectivity index (χ3n) is 3.76. The molecule has 1 N–H and O–H groups in total. The van der Waals surface area contributed by atoms with Crippen molar-refractivity contribution in [1.82, 2.24) is 5.32 Å². The van der Waals surface area contributed by atoms with E-state index < -0.39 is 6.10 Å². The molecule has 0 aliphatic carbocycles. The Morgan fingerprint density at radius 3 is 2.50 bits per heavy atom. The van der Waals surface area contributed by atoms with Crippen LogP contribution in [0.4, 0.5) is 0 Å². The molecule has 0 aromatic heterocycles. The highest BCUT2D eigenvalue weighted by molar-refractivity contribution is 5.80. The summed E-state index contributed by atoms with van der Waals surface area (Å²) in [6.45, 7) is 8.61. The van der Waals surface area contributed by atoms with Crippen LogP contribution in [0.3, 0.4) is 0 Å². The first-order chi connectivity index (χ1) is 11.5. The Hall–Kier alpha value is -2.49. The van der Waals surface area contributed by atoms with Crippen molar-refractivity contribution in [2.75, 3.05) is 13.2 Å². The Labute approximate surface area is 143 Å². The number of amides is 1. The first-order valence-electron chi connectivity index (χ1n) is 8.17. The minimum atomic E-state index is -0.551. The molecule has 4 heteroatoms. The Kier molecular flexibility index (Phi) is 6.24. The van der Waals surface area contributed by atoms with E-state index in [4.69, 9.17) is 9.47 Å². The SMILES string of the molecule is Cc1ccc(O[C@@H](C)C(=O)NCCOc2ccccc2C)c(C)c1. The van der Waals surface area contributed by atoms with Crippen molar-refractivity contribution in [2.24, 2.45) is 0 Å². The smallest absolute Gasteiger partial charge is 0.260 e. The van der Waals surface area contributed by atoms with Gasteiger partial charge in [0.25, 0.3) is 5.91 Å². The highest BCUT2D eigenvalue weighted by atomic mass is 16.5. The molecule has 0 aliphatic heterocycles. The van der Waals surface area contributed by atoms with Gasteiger partial charge in [-0.3, -0.25) is 4.79 Å². The van der Waals surface area contributed by atoms with E-state index in [9.17, 15) is 4.79 Å². The number of aryl methyl sites for hydroxylation is 3. The quantitative estimate of drug-likeness (QED) is 0.791. The number of benzene rings is 2. The van der Waals surface area contributed by atoms with Crippen LogP contribution in [-0.2, 0) is 4.79 Å². The summed E-state index contributed by atoms with van der Waals surface area (Å²) in [5.41, 5.74) is 3.28. The summed E-state index contributed by atoms with van der Waals surface area (Å²) in [4.78, 5) is 12.1. The van der Waals surface area contributed by atoms with E-state index in [-0.39, 0.29) is 5.91 Å². The van der Waals surface area contributed by atoms with Crippen LogP contribution in [0.15, 0.2) is 42.5 Å². The normalized spacial score (nSPS) is 11.7. The molecule has 24 heavy (non-hydrogen) atoms. The van der Waals surface area contributed by atoms with E-state index in [0.717, 1.165) is 22.6 Å². The van der Waals surface area contributed by atoms with Crippen molar-refractivity contribution >= 4 is 5.91 Å². The average Bonchev–Trinajstić information content (AvgIpc) is 2.55. The molecule has 2 rings (SSSR count). The van der Waals surface area contributed by atoms with Gasteiger partial charge in [-0.15, -0.1) is 0 Å². The molecule has 0 aliphatic rings. The molecular weight excluding hydrogens is 302 g/mol. The maximum Gasteiger partial charge on any atom is 0.260 e. The lowest BCUT2D eigenvalue weighted by molar-refractivity contribution is -0.127. The van der Waals surface area contributed by atoms with Crippen LogP contribution >= 0.6 is 0 Å². The zero-order valence-electron chi connectivity index (χ0n) is 14.8. The lowest BCUT2D eigenvalue weighted by atomic mass is 10.1. The summed E-state index contributed by atoms with van der Waals surface area (Å²) in [6.07, 6.45) is -0.551. The minimum Gasteiger partial charge on any atom is -0.491 e. The number of rotatable bonds is 7. The molecule has 1 atom stereocenters. The van der Waals surface area contributed by atoms with Crippen molar-refractivity contribution in [3.63, 3.8) is 0 Å². The third kappa shape index (κ3) is 5.01. The number of carbonyl (C=O) groups excluding carboxylic acids is 1. The summed E-state index contributed by atoms with van der Waals surface area (Å²) in [7, 11) is 0. The van der Waals surface area contributed by atoms with Gasteiger partial charge in [0.15, 0.2) is 6.10 Å². The van der Waals surface area contributed by atoms with Gasteiger partial charge in [0.05, 0.1) is 6.54 Å². The van der Waals surface area contributed by atoms with E-state index >= 15 is 0 Å². The van der Waals surface area contributed by atoms with Gasteiger partial charge >= 0.3 is 0 Å². The minimum absolute atomic E-state index is 0.150. The predicted molar refractivity (Wildman–Crippen MR) is 95.7 cm³/mol. The summed E-state index contributed by atoms with van der Waals surface area (Å²) >= 11 is 0. The first kappa shape index (κ1) is 17.9. The highest BCUT2D eigenvalue weighted by Crippen LogP contribution is 2.20. The molecule has 0 unspecified atom stereocenters. The van der Waals surface area contributed by atoms with Crippen LogP contribution in [0.5, 0.6) is 11.5 Å². The average molecular weight is 327 g/mol. The Morgan fingerprint density at radius 2 is 1.79 bits per heavy atom. The molecule has 2 aromatic carbocycles. The second-order valence-electron chi connectivity index (χ2n) is 5.93. The van der Waals surface area contributed by atoms with E-state index in [0.29, 0.717) is 13.2 Å². The van der Waals surface area contributed by atoms with Gasteiger partial charge in [0.2, 0.25) is 0 Å². The number of hydrogen-bond donors (Lipinski definition) is 1. The van der Waals surface area contributed by atoms with Crippen LogP contribution in [0.25, 0.3) is 0 Å². The van der Waals surface area contributed by atoms with Gasteiger partial charge in [0, 0.05) is 0 Å². The molecule has 0 bridgehead atoms. The van der Waals surface area contributed by atoms with Gasteiger partial charge < -0.3 is 14.8 Å². The van der Waals surface area contributed by atoms with Crippen LogP contribution in [0.1, 0.15) is 23.6 Å². The van der Waals surface area contributed by atoms with Gasteiger partial charge in [-0.1, -0.05) is 35.9 Å². The number of para-hydroxylation sites is 1.